The predicted molar refractivity (Wildman–Crippen MR) is 79.8 cm³/mol. The molecule has 1 aliphatic heterocycles. The Morgan fingerprint density at radius 1 is 1.38 bits per heavy atom. The average Bonchev–Trinajstić information content (AvgIpc) is 2.36. The number of aromatic nitrogens is 2. The summed E-state index contributed by atoms with van der Waals surface area (Å²) in [5, 5.41) is 14.4. The fraction of sp³-hybridized carbons (Fsp3) is 0.692. The van der Waals surface area contributed by atoms with Gasteiger partial charge in [0, 0.05) is 19.6 Å². The van der Waals surface area contributed by atoms with Gasteiger partial charge < -0.3 is 15.0 Å². The minimum absolute atomic E-state index is 0.00575. The molecule has 8 nitrogen and oxygen atoms in total. The minimum Gasteiger partial charge on any atom is -0.372 e. The van der Waals surface area contributed by atoms with Crippen molar-refractivity contribution in [2.24, 2.45) is 0 Å². The Kier molecular flexibility index (Phi) is 4.56. The lowest BCUT2D eigenvalue weighted by molar-refractivity contribution is -0.385. The Labute approximate surface area is 123 Å². The van der Waals surface area contributed by atoms with Crippen LogP contribution in [0.1, 0.15) is 26.5 Å². The monoisotopic (exact) mass is 295 g/mol. The molecule has 2 atom stereocenters. The van der Waals surface area contributed by atoms with Crippen LogP contribution in [0.3, 0.4) is 0 Å². The van der Waals surface area contributed by atoms with E-state index in [1.54, 1.807) is 6.92 Å². The fourth-order valence-corrected chi connectivity index (χ4v) is 2.57. The molecule has 2 rings (SSSR count). The van der Waals surface area contributed by atoms with Gasteiger partial charge in [0.05, 0.1) is 17.1 Å². The van der Waals surface area contributed by atoms with Gasteiger partial charge in [-0.05, 0) is 27.7 Å². The molecule has 8 heteroatoms. The third-order valence-corrected chi connectivity index (χ3v) is 3.28. The summed E-state index contributed by atoms with van der Waals surface area (Å²) < 4.78 is 5.68. The van der Waals surface area contributed by atoms with Crippen molar-refractivity contribution in [3.8, 4) is 0 Å². The third kappa shape index (κ3) is 3.38. The molecule has 0 radical (unpaired) electrons. The number of nitrogens with one attached hydrogen (secondary N) is 1. The lowest BCUT2D eigenvalue weighted by atomic mass is 10.2. The van der Waals surface area contributed by atoms with Crippen LogP contribution in [0.25, 0.3) is 0 Å². The van der Waals surface area contributed by atoms with E-state index in [9.17, 15) is 10.1 Å². The highest BCUT2D eigenvalue weighted by atomic mass is 16.6. The fourth-order valence-electron chi connectivity index (χ4n) is 2.57. The molecule has 0 spiro atoms. The van der Waals surface area contributed by atoms with Gasteiger partial charge >= 0.3 is 5.69 Å². The smallest absolute Gasteiger partial charge is 0.332 e. The maximum Gasteiger partial charge on any atom is 0.332 e. The van der Waals surface area contributed by atoms with Crippen LogP contribution >= 0.6 is 0 Å². The molecular formula is C13H21N5O3. The molecule has 1 N–H and O–H groups in total. The van der Waals surface area contributed by atoms with E-state index in [0.29, 0.717) is 37.1 Å². The van der Waals surface area contributed by atoms with Gasteiger partial charge in [0.1, 0.15) is 5.69 Å². The highest BCUT2D eigenvalue weighted by molar-refractivity contribution is 5.62. The van der Waals surface area contributed by atoms with Crippen molar-refractivity contribution in [1.82, 2.24) is 9.97 Å². The molecule has 0 amide bonds. The van der Waals surface area contributed by atoms with Gasteiger partial charge in [0.15, 0.2) is 0 Å². The maximum absolute atomic E-state index is 11.4. The lowest BCUT2D eigenvalue weighted by Crippen LogP contribution is -2.46. The molecule has 0 aromatic carbocycles. The first-order chi connectivity index (χ1) is 9.92. The molecule has 1 aromatic heterocycles. The number of aryl methyl sites for hydroxylation is 1. The lowest BCUT2D eigenvalue weighted by Gasteiger charge is -2.35. The molecule has 0 saturated carbocycles. The zero-order valence-electron chi connectivity index (χ0n) is 12.8. The highest BCUT2D eigenvalue weighted by Gasteiger charge is 2.31. The van der Waals surface area contributed by atoms with E-state index >= 15 is 0 Å². The van der Waals surface area contributed by atoms with Crippen molar-refractivity contribution in [2.75, 3.05) is 29.9 Å². The summed E-state index contributed by atoms with van der Waals surface area (Å²) in [6, 6.07) is 0. The van der Waals surface area contributed by atoms with Crippen molar-refractivity contribution in [3.05, 3.63) is 15.8 Å². The van der Waals surface area contributed by atoms with Crippen molar-refractivity contribution in [2.45, 2.75) is 39.9 Å². The Balaban J connectivity index is 2.45. The first-order valence-corrected chi connectivity index (χ1v) is 7.09. The number of nitrogens with zero attached hydrogens (tertiary/aromatic N) is 4. The van der Waals surface area contributed by atoms with Gasteiger partial charge in [-0.2, -0.15) is 4.98 Å². The summed E-state index contributed by atoms with van der Waals surface area (Å²) in [7, 11) is 0. The van der Waals surface area contributed by atoms with Gasteiger partial charge in [-0.3, -0.25) is 10.1 Å². The summed E-state index contributed by atoms with van der Waals surface area (Å²) in [5.41, 5.74) is 0.339. The zero-order chi connectivity index (χ0) is 15.6. The van der Waals surface area contributed by atoms with E-state index in [1.165, 1.54) is 0 Å². The van der Waals surface area contributed by atoms with Crippen LogP contribution in [-0.2, 0) is 4.74 Å². The van der Waals surface area contributed by atoms with Crippen LogP contribution in [0.5, 0.6) is 0 Å². The van der Waals surface area contributed by atoms with Crippen molar-refractivity contribution in [1.29, 1.82) is 0 Å². The van der Waals surface area contributed by atoms with Crippen molar-refractivity contribution < 1.29 is 9.66 Å². The van der Waals surface area contributed by atoms with E-state index in [2.05, 4.69) is 15.3 Å². The van der Waals surface area contributed by atoms with E-state index < -0.39 is 4.92 Å². The number of nitro groups is 1. The predicted octanol–water partition coefficient (Wildman–Crippen LogP) is 1.74. The van der Waals surface area contributed by atoms with Crippen molar-refractivity contribution >= 4 is 17.5 Å². The molecule has 1 aromatic rings. The molecule has 0 aliphatic carbocycles. The Bertz CT molecular complexity index is 527. The standard InChI is InChI=1S/C13H21N5O3/c1-5-14-13-15-10(4)11(18(19)20)12(16-13)17-6-8(2)21-9(3)7-17/h8-9H,5-7H2,1-4H3,(H,14,15,16)/t8-,9+. The van der Waals surface area contributed by atoms with Crippen LogP contribution in [0.15, 0.2) is 0 Å². The van der Waals surface area contributed by atoms with Crippen LogP contribution in [0, 0.1) is 17.0 Å². The van der Waals surface area contributed by atoms with Crippen LogP contribution in [0.2, 0.25) is 0 Å². The van der Waals surface area contributed by atoms with Crippen molar-refractivity contribution in [3.63, 3.8) is 0 Å². The molecule has 0 bridgehead atoms. The molecule has 2 heterocycles. The van der Waals surface area contributed by atoms with Gasteiger partial charge in [0.25, 0.3) is 0 Å². The molecule has 1 fully saturated rings. The number of hydrogen-bond acceptors (Lipinski definition) is 7. The first kappa shape index (κ1) is 15.4. The normalized spacial score (nSPS) is 22.2. The second-order valence-electron chi connectivity index (χ2n) is 5.25. The van der Waals surface area contributed by atoms with E-state index in [4.69, 9.17) is 4.74 Å². The number of ether oxygens (including phenoxy) is 1. The highest BCUT2D eigenvalue weighted by Crippen LogP contribution is 2.31. The SMILES string of the molecule is CCNc1nc(C)c([N+](=O)[O-])c(N2C[C@@H](C)O[C@@H](C)C2)n1. The van der Waals surface area contributed by atoms with Crippen LogP contribution in [-0.4, -0.2) is 46.7 Å². The molecule has 21 heavy (non-hydrogen) atoms. The number of anilines is 2. The second-order valence-corrected chi connectivity index (χ2v) is 5.25. The summed E-state index contributed by atoms with van der Waals surface area (Å²) in [5.74, 6) is 0.785. The molecule has 116 valence electrons. The maximum atomic E-state index is 11.4. The Morgan fingerprint density at radius 3 is 2.52 bits per heavy atom. The Hall–Kier alpha value is -1.96. The third-order valence-electron chi connectivity index (χ3n) is 3.28. The van der Waals surface area contributed by atoms with Crippen LogP contribution in [0.4, 0.5) is 17.5 Å². The van der Waals surface area contributed by atoms with E-state index in [-0.39, 0.29) is 17.9 Å². The van der Waals surface area contributed by atoms with Crippen LogP contribution < -0.4 is 10.2 Å². The van der Waals surface area contributed by atoms with E-state index in [0.717, 1.165) is 0 Å². The minimum atomic E-state index is -0.412. The number of rotatable bonds is 4. The summed E-state index contributed by atoms with van der Waals surface area (Å²) in [6.45, 7) is 9.28. The summed E-state index contributed by atoms with van der Waals surface area (Å²) in [4.78, 5) is 21.4. The topological polar surface area (TPSA) is 93.4 Å². The van der Waals surface area contributed by atoms with Gasteiger partial charge in [-0.15, -0.1) is 0 Å². The molecule has 1 saturated heterocycles. The molecular weight excluding hydrogens is 274 g/mol. The second kappa shape index (κ2) is 6.21. The van der Waals surface area contributed by atoms with E-state index in [1.807, 2.05) is 25.7 Å². The summed E-state index contributed by atoms with van der Waals surface area (Å²) in [6.07, 6.45) is 0.0115. The summed E-state index contributed by atoms with van der Waals surface area (Å²) >= 11 is 0. The van der Waals surface area contributed by atoms with Gasteiger partial charge in [-0.1, -0.05) is 0 Å². The van der Waals surface area contributed by atoms with Gasteiger partial charge in [-0.25, -0.2) is 4.98 Å². The average molecular weight is 295 g/mol. The molecule has 0 unspecified atom stereocenters. The number of morpholine rings is 1. The Morgan fingerprint density at radius 2 is 2.00 bits per heavy atom. The molecule has 1 aliphatic rings. The van der Waals surface area contributed by atoms with Gasteiger partial charge in [0.2, 0.25) is 11.8 Å². The first-order valence-electron chi connectivity index (χ1n) is 7.09. The zero-order valence-corrected chi connectivity index (χ0v) is 12.8. The largest absolute Gasteiger partial charge is 0.372 e. The quantitative estimate of drug-likeness (QED) is 0.668. The number of hydrogen-bond donors (Lipinski definition) is 1.